The van der Waals surface area contributed by atoms with E-state index in [4.69, 9.17) is 0 Å². The fourth-order valence-corrected chi connectivity index (χ4v) is 2.73. The smallest absolute Gasteiger partial charge is 0.240 e. The summed E-state index contributed by atoms with van der Waals surface area (Å²) in [6.45, 7) is 3.21. The first-order valence-corrected chi connectivity index (χ1v) is 7.51. The summed E-state index contributed by atoms with van der Waals surface area (Å²) in [4.78, 5) is 34.6. The van der Waals surface area contributed by atoms with Crippen molar-refractivity contribution < 1.29 is 14.4 Å². The summed E-state index contributed by atoms with van der Waals surface area (Å²) < 4.78 is 0. The largest absolute Gasteiger partial charge is 0.326 e. The quantitative estimate of drug-likeness (QED) is 0.720. The standard InChI is InChI=1S/C14H16N4O3S/c1-8-5-3-4-6-10(8)15-12(20)7-11-13(21)16-14(22-11)18-17-9(2)19/h3-6,11H,7H2,1-2H3,(H,15,20)(H,17,19)(H,16,18,21)/t11-/m0/s1. The van der Waals surface area contributed by atoms with Crippen molar-refractivity contribution in [2.45, 2.75) is 25.5 Å². The number of nitrogens with one attached hydrogen (secondary N) is 3. The number of thioether (sulfide) groups is 1. The fraction of sp³-hybridized carbons (Fsp3) is 0.286. The zero-order chi connectivity index (χ0) is 16.1. The Labute approximate surface area is 131 Å². The van der Waals surface area contributed by atoms with Crippen molar-refractivity contribution in [2.24, 2.45) is 5.10 Å². The molecule has 1 aromatic carbocycles. The van der Waals surface area contributed by atoms with E-state index in [-0.39, 0.29) is 29.3 Å². The monoisotopic (exact) mass is 320 g/mol. The molecule has 0 spiro atoms. The third-order valence-electron chi connectivity index (χ3n) is 2.88. The molecule has 0 radical (unpaired) electrons. The van der Waals surface area contributed by atoms with Crippen molar-refractivity contribution in [3.8, 4) is 0 Å². The van der Waals surface area contributed by atoms with Crippen LogP contribution in [0.15, 0.2) is 29.4 Å². The predicted octanol–water partition coefficient (Wildman–Crippen LogP) is 0.962. The van der Waals surface area contributed by atoms with Crippen LogP contribution in [0.3, 0.4) is 0 Å². The van der Waals surface area contributed by atoms with Gasteiger partial charge in [0.2, 0.25) is 17.7 Å². The number of amidine groups is 1. The fourth-order valence-electron chi connectivity index (χ4n) is 1.80. The van der Waals surface area contributed by atoms with E-state index in [0.717, 1.165) is 23.0 Å². The van der Waals surface area contributed by atoms with Crippen molar-refractivity contribution in [1.29, 1.82) is 0 Å². The van der Waals surface area contributed by atoms with Crippen LogP contribution in [-0.2, 0) is 14.4 Å². The van der Waals surface area contributed by atoms with Crippen LogP contribution in [0, 0.1) is 6.92 Å². The second kappa shape index (κ2) is 7.08. The molecular formula is C14H16N4O3S. The first-order valence-electron chi connectivity index (χ1n) is 6.63. The summed E-state index contributed by atoms with van der Waals surface area (Å²) in [7, 11) is 0. The zero-order valence-electron chi connectivity index (χ0n) is 12.2. The Balaban J connectivity index is 1.92. The number of hydrazone groups is 1. The Morgan fingerprint density at radius 2 is 2.09 bits per heavy atom. The van der Waals surface area contributed by atoms with E-state index in [2.05, 4.69) is 21.2 Å². The molecule has 1 aliphatic heterocycles. The van der Waals surface area contributed by atoms with Crippen molar-refractivity contribution in [2.75, 3.05) is 5.32 Å². The highest BCUT2D eigenvalue weighted by Gasteiger charge is 2.32. The van der Waals surface area contributed by atoms with Gasteiger partial charge in [0.05, 0.1) is 0 Å². The van der Waals surface area contributed by atoms with Gasteiger partial charge in [-0.3, -0.25) is 14.4 Å². The number of hydrogen-bond acceptors (Lipinski definition) is 5. The number of nitrogens with zero attached hydrogens (tertiary/aromatic N) is 1. The van der Waals surface area contributed by atoms with Crippen molar-refractivity contribution >= 4 is 40.3 Å². The van der Waals surface area contributed by atoms with Gasteiger partial charge < -0.3 is 10.6 Å². The SMILES string of the molecule is CC(=O)N/N=C1\NC(=O)[C@H](CC(=O)Nc2ccccc2C)S1. The number of benzene rings is 1. The zero-order valence-corrected chi connectivity index (χ0v) is 13.0. The van der Waals surface area contributed by atoms with E-state index >= 15 is 0 Å². The Kier molecular flexibility index (Phi) is 5.16. The van der Waals surface area contributed by atoms with Crippen LogP contribution in [0.2, 0.25) is 0 Å². The maximum atomic E-state index is 12.0. The second-order valence-electron chi connectivity index (χ2n) is 4.75. The lowest BCUT2D eigenvalue weighted by Gasteiger charge is -2.09. The van der Waals surface area contributed by atoms with Crippen molar-refractivity contribution in [3.05, 3.63) is 29.8 Å². The van der Waals surface area contributed by atoms with Gasteiger partial charge in [-0.05, 0) is 18.6 Å². The molecule has 3 amide bonds. The van der Waals surface area contributed by atoms with Gasteiger partial charge >= 0.3 is 0 Å². The Hall–Kier alpha value is -2.35. The number of aryl methyl sites for hydroxylation is 1. The highest BCUT2D eigenvalue weighted by molar-refractivity contribution is 8.15. The summed E-state index contributed by atoms with van der Waals surface area (Å²) in [5.74, 6) is -0.875. The normalized spacial score (nSPS) is 18.9. The van der Waals surface area contributed by atoms with E-state index in [9.17, 15) is 14.4 Å². The molecule has 2 rings (SSSR count). The van der Waals surface area contributed by atoms with Crippen LogP contribution in [0.4, 0.5) is 5.69 Å². The summed E-state index contributed by atoms with van der Waals surface area (Å²) in [5, 5.41) is 8.77. The molecule has 0 aromatic heterocycles. The first-order chi connectivity index (χ1) is 10.5. The van der Waals surface area contributed by atoms with Gasteiger partial charge in [0.15, 0.2) is 5.17 Å². The highest BCUT2D eigenvalue weighted by Crippen LogP contribution is 2.23. The Morgan fingerprint density at radius 3 is 2.77 bits per heavy atom. The number of carbonyl (C=O) groups excluding carboxylic acids is 3. The molecule has 1 aromatic rings. The molecular weight excluding hydrogens is 304 g/mol. The average Bonchev–Trinajstić information content (AvgIpc) is 2.79. The molecule has 22 heavy (non-hydrogen) atoms. The molecule has 1 atom stereocenters. The number of para-hydroxylation sites is 1. The van der Waals surface area contributed by atoms with Crippen molar-refractivity contribution in [1.82, 2.24) is 10.7 Å². The molecule has 7 nitrogen and oxygen atoms in total. The third-order valence-corrected chi connectivity index (χ3v) is 3.96. The number of amides is 3. The van der Waals surface area contributed by atoms with Crippen LogP contribution >= 0.6 is 11.8 Å². The van der Waals surface area contributed by atoms with Gasteiger partial charge in [-0.1, -0.05) is 30.0 Å². The van der Waals surface area contributed by atoms with Gasteiger partial charge in [-0.15, -0.1) is 5.10 Å². The topological polar surface area (TPSA) is 99.7 Å². The van der Waals surface area contributed by atoms with Gasteiger partial charge in [-0.25, -0.2) is 5.43 Å². The van der Waals surface area contributed by atoms with E-state index in [1.807, 2.05) is 25.1 Å². The van der Waals surface area contributed by atoms with Gasteiger partial charge in [0.25, 0.3) is 0 Å². The summed E-state index contributed by atoms with van der Waals surface area (Å²) in [6, 6.07) is 7.41. The molecule has 1 heterocycles. The lowest BCUT2D eigenvalue weighted by molar-refractivity contribution is -0.122. The minimum atomic E-state index is -0.559. The predicted molar refractivity (Wildman–Crippen MR) is 85.2 cm³/mol. The highest BCUT2D eigenvalue weighted by atomic mass is 32.2. The number of rotatable bonds is 4. The molecule has 0 saturated carbocycles. The summed E-state index contributed by atoms with van der Waals surface area (Å²) in [5.41, 5.74) is 3.92. The number of carbonyl (C=O) groups is 3. The molecule has 8 heteroatoms. The van der Waals surface area contributed by atoms with E-state index in [1.54, 1.807) is 6.07 Å². The Morgan fingerprint density at radius 1 is 1.36 bits per heavy atom. The average molecular weight is 320 g/mol. The molecule has 1 aliphatic rings. The Bertz CT molecular complexity index is 645. The third kappa shape index (κ3) is 4.32. The van der Waals surface area contributed by atoms with E-state index in [0.29, 0.717) is 0 Å². The van der Waals surface area contributed by atoms with Crippen LogP contribution in [0.5, 0.6) is 0 Å². The molecule has 1 fully saturated rings. The van der Waals surface area contributed by atoms with Gasteiger partial charge in [0.1, 0.15) is 5.25 Å². The van der Waals surface area contributed by atoms with Crippen LogP contribution in [0.1, 0.15) is 18.9 Å². The van der Waals surface area contributed by atoms with Crippen LogP contribution in [-0.4, -0.2) is 28.1 Å². The van der Waals surface area contributed by atoms with Crippen LogP contribution < -0.4 is 16.1 Å². The molecule has 0 unspecified atom stereocenters. The molecule has 1 saturated heterocycles. The molecule has 116 valence electrons. The lowest BCUT2D eigenvalue weighted by atomic mass is 10.2. The summed E-state index contributed by atoms with van der Waals surface area (Å²) in [6.07, 6.45) is 0.0317. The lowest BCUT2D eigenvalue weighted by Crippen LogP contribution is -2.29. The van der Waals surface area contributed by atoms with Gasteiger partial charge in [0, 0.05) is 19.0 Å². The maximum absolute atomic E-state index is 12.0. The number of anilines is 1. The maximum Gasteiger partial charge on any atom is 0.240 e. The second-order valence-corrected chi connectivity index (χ2v) is 5.94. The minimum Gasteiger partial charge on any atom is -0.326 e. The first kappa shape index (κ1) is 16.0. The van der Waals surface area contributed by atoms with Crippen LogP contribution in [0.25, 0.3) is 0 Å². The van der Waals surface area contributed by atoms with Crippen molar-refractivity contribution in [3.63, 3.8) is 0 Å². The minimum absolute atomic E-state index is 0.0317. The van der Waals surface area contributed by atoms with Gasteiger partial charge in [-0.2, -0.15) is 0 Å². The molecule has 3 N–H and O–H groups in total. The molecule has 0 aliphatic carbocycles. The molecule has 0 bridgehead atoms. The van der Waals surface area contributed by atoms with E-state index < -0.39 is 5.25 Å². The van der Waals surface area contributed by atoms with E-state index in [1.165, 1.54) is 6.92 Å². The number of hydrogen-bond donors (Lipinski definition) is 3. The summed E-state index contributed by atoms with van der Waals surface area (Å²) >= 11 is 1.12.